The Morgan fingerprint density at radius 2 is 1.83 bits per heavy atom. The van der Waals surface area contributed by atoms with Crippen LogP contribution in [0.4, 0.5) is 0 Å². The molecule has 2 aromatic rings. The van der Waals surface area contributed by atoms with Gasteiger partial charge in [0.15, 0.2) is 0 Å². The monoisotopic (exact) mass is 532 g/mol. The van der Waals surface area contributed by atoms with Gasteiger partial charge in [-0.25, -0.2) is 0 Å². The summed E-state index contributed by atoms with van der Waals surface area (Å²) in [4.78, 5) is 50.7. The summed E-state index contributed by atoms with van der Waals surface area (Å²) in [5.41, 5.74) is 1.36. The molecule has 0 aliphatic carbocycles. The number of benzene rings is 2. The van der Waals surface area contributed by atoms with Crippen LogP contribution in [0.15, 0.2) is 46.2 Å². The Morgan fingerprint density at radius 1 is 1.08 bits per heavy atom. The van der Waals surface area contributed by atoms with Crippen molar-refractivity contribution in [2.45, 2.75) is 54.9 Å². The van der Waals surface area contributed by atoms with E-state index in [1.807, 2.05) is 0 Å². The predicted molar refractivity (Wildman–Crippen MR) is 128 cm³/mol. The minimum Gasteiger partial charge on any atom is -0.295 e. The van der Waals surface area contributed by atoms with E-state index in [0.29, 0.717) is 24.8 Å². The molecule has 2 aromatic carbocycles. The molecule has 0 aromatic heterocycles. The number of amides is 4. The fourth-order valence-corrected chi connectivity index (χ4v) is 6.56. The van der Waals surface area contributed by atoms with Crippen molar-refractivity contribution in [1.82, 2.24) is 10.2 Å². The third-order valence-electron chi connectivity index (χ3n) is 6.19. The number of piperidine rings is 1. The second-order valence-electron chi connectivity index (χ2n) is 8.72. The fourth-order valence-electron chi connectivity index (χ4n) is 4.49. The summed E-state index contributed by atoms with van der Waals surface area (Å²) in [6.07, 6.45) is 1.26. The van der Waals surface area contributed by atoms with Gasteiger partial charge in [0.25, 0.3) is 21.9 Å². The number of nitrogens with zero attached hydrogens (tertiary/aromatic N) is 1. The molecule has 1 fully saturated rings. The van der Waals surface area contributed by atoms with Gasteiger partial charge < -0.3 is 0 Å². The van der Waals surface area contributed by atoms with E-state index in [1.54, 1.807) is 19.1 Å². The highest BCUT2D eigenvalue weighted by atomic mass is 32.2. The Bertz CT molecular complexity index is 1420. The number of carbonyl (C=O) groups excluding carboxylic acids is 4. The van der Waals surface area contributed by atoms with Crippen molar-refractivity contribution in [3.63, 3.8) is 0 Å². The van der Waals surface area contributed by atoms with Crippen molar-refractivity contribution in [3.8, 4) is 0 Å². The Hall–Kier alpha value is -3.22. The molecule has 4 rings (SSSR count). The lowest BCUT2D eigenvalue weighted by atomic mass is 10.0. The molecule has 12 heteroatoms. The Kier molecular flexibility index (Phi) is 7.21. The van der Waals surface area contributed by atoms with E-state index in [4.69, 9.17) is 0 Å². The SMILES string of the molecule is Cc1ccc(S(=O)(=O)O)c(CCCCS(=O)c2cccc3c2C(=O)N(C2CCC(=O)NC2=O)C3=O)c1. The second kappa shape index (κ2) is 10.0. The van der Waals surface area contributed by atoms with Gasteiger partial charge in [0, 0.05) is 12.2 Å². The Morgan fingerprint density at radius 3 is 2.53 bits per heavy atom. The highest BCUT2D eigenvalue weighted by Crippen LogP contribution is 2.31. The van der Waals surface area contributed by atoms with Crippen molar-refractivity contribution in [2.75, 3.05) is 5.75 Å². The summed E-state index contributed by atoms with van der Waals surface area (Å²) >= 11 is 0. The summed E-state index contributed by atoms with van der Waals surface area (Å²) in [6.45, 7) is 1.80. The van der Waals surface area contributed by atoms with Crippen LogP contribution >= 0.6 is 0 Å². The average molecular weight is 533 g/mol. The number of fused-ring (bicyclic) bond motifs is 1. The van der Waals surface area contributed by atoms with Crippen molar-refractivity contribution in [1.29, 1.82) is 0 Å². The van der Waals surface area contributed by atoms with Crippen molar-refractivity contribution in [3.05, 3.63) is 58.7 Å². The molecule has 2 N–H and O–H groups in total. The van der Waals surface area contributed by atoms with E-state index in [-0.39, 0.29) is 39.5 Å². The van der Waals surface area contributed by atoms with E-state index < -0.39 is 50.6 Å². The molecule has 2 atom stereocenters. The van der Waals surface area contributed by atoms with Crippen LogP contribution in [0.25, 0.3) is 0 Å². The lowest BCUT2D eigenvalue weighted by Gasteiger charge is -2.27. The maximum Gasteiger partial charge on any atom is 0.294 e. The van der Waals surface area contributed by atoms with Gasteiger partial charge in [-0.3, -0.25) is 38.2 Å². The molecule has 1 saturated heterocycles. The van der Waals surface area contributed by atoms with Gasteiger partial charge in [-0.2, -0.15) is 8.42 Å². The molecule has 4 amide bonds. The lowest BCUT2D eigenvalue weighted by molar-refractivity contribution is -0.136. The Labute approximate surface area is 210 Å². The first kappa shape index (κ1) is 25.9. The molecule has 0 spiro atoms. The molecule has 2 aliphatic rings. The zero-order valence-corrected chi connectivity index (χ0v) is 21.0. The van der Waals surface area contributed by atoms with E-state index in [2.05, 4.69) is 5.32 Å². The van der Waals surface area contributed by atoms with E-state index in [0.717, 1.165) is 10.5 Å². The third-order valence-corrected chi connectivity index (χ3v) is 8.64. The van der Waals surface area contributed by atoms with Crippen LogP contribution in [-0.2, 0) is 36.9 Å². The smallest absolute Gasteiger partial charge is 0.294 e. The number of carbonyl (C=O) groups is 4. The molecule has 0 bridgehead atoms. The highest BCUT2D eigenvalue weighted by molar-refractivity contribution is 7.86. The molecule has 2 heterocycles. The first-order valence-corrected chi connectivity index (χ1v) is 14.0. The third kappa shape index (κ3) is 5.01. The molecule has 2 unspecified atom stereocenters. The standard InChI is InChI=1S/C24H24N2O8S2/c1-14-8-10-19(36(32,33)34)15(13-14)5-2-3-12-35(31)18-7-4-6-16-21(18)24(30)26(23(16)29)17-9-11-20(27)25-22(17)28/h4,6-8,10,13,17H,2-3,5,9,11-12H2,1H3,(H,25,27,28)(H,32,33,34). The molecular weight excluding hydrogens is 508 g/mol. The number of aryl methyl sites for hydroxylation is 2. The minimum absolute atomic E-state index is 0.00197. The zero-order chi connectivity index (χ0) is 26.2. The molecular formula is C24H24N2O8S2. The van der Waals surface area contributed by atoms with Crippen LogP contribution in [0, 0.1) is 6.92 Å². The first-order chi connectivity index (χ1) is 17.0. The van der Waals surface area contributed by atoms with Crippen molar-refractivity contribution < 1.29 is 36.4 Å². The maximum absolute atomic E-state index is 13.2. The minimum atomic E-state index is -4.37. The van der Waals surface area contributed by atoms with Gasteiger partial charge >= 0.3 is 0 Å². The number of nitrogens with one attached hydrogen (secondary N) is 1. The van der Waals surface area contributed by atoms with Crippen LogP contribution in [0.1, 0.15) is 57.5 Å². The highest BCUT2D eigenvalue weighted by Gasteiger charge is 2.46. The molecule has 2 aliphatic heterocycles. The quantitative estimate of drug-likeness (QED) is 0.296. The van der Waals surface area contributed by atoms with Gasteiger partial charge in [0.1, 0.15) is 6.04 Å². The van der Waals surface area contributed by atoms with Crippen LogP contribution in [0.2, 0.25) is 0 Å². The number of unbranched alkanes of at least 4 members (excludes halogenated alkanes) is 1. The van der Waals surface area contributed by atoms with Gasteiger partial charge in [0.2, 0.25) is 11.8 Å². The molecule has 10 nitrogen and oxygen atoms in total. The maximum atomic E-state index is 13.2. The number of hydrogen-bond donors (Lipinski definition) is 2. The topological polar surface area (TPSA) is 155 Å². The van der Waals surface area contributed by atoms with E-state index in [9.17, 15) is 36.4 Å². The largest absolute Gasteiger partial charge is 0.295 e. The number of imide groups is 2. The molecule has 36 heavy (non-hydrogen) atoms. The van der Waals surface area contributed by atoms with Crippen molar-refractivity contribution in [2.24, 2.45) is 0 Å². The van der Waals surface area contributed by atoms with Gasteiger partial charge in [0.05, 0.1) is 31.7 Å². The van der Waals surface area contributed by atoms with Gasteiger partial charge in [-0.15, -0.1) is 0 Å². The number of hydrogen-bond acceptors (Lipinski definition) is 7. The normalized spacial score (nSPS) is 18.8. The van der Waals surface area contributed by atoms with Gasteiger partial charge in [-0.05, 0) is 56.4 Å². The summed E-state index contributed by atoms with van der Waals surface area (Å²) in [5, 5.41) is 2.14. The van der Waals surface area contributed by atoms with Crippen LogP contribution in [0.5, 0.6) is 0 Å². The van der Waals surface area contributed by atoms with Crippen LogP contribution in [0.3, 0.4) is 0 Å². The molecule has 190 valence electrons. The number of rotatable bonds is 8. The lowest BCUT2D eigenvalue weighted by Crippen LogP contribution is -2.54. The zero-order valence-electron chi connectivity index (χ0n) is 19.4. The summed E-state index contributed by atoms with van der Waals surface area (Å²) in [5.74, 6) is -2.41. The average Bonchev–Trinajstić information content (AvgIpc) is 3.06. The van der Waals surface area contributed by atoms with Gasteiger partial charge in [-0.1, -0.05) is 23.8 Å². The first-order valence-electron chi connectivity index (χ1n) is 11.3. The summed E-state index contributed by atoms with van der Waals surface area (Å²) in [6, 6.07) is 7.98. The van der Waals surface area contributed by atoms with Crippen LogP contribution in [-0.4, -0.2) is 57.5 Å². The summed E-state index contributed by atoms with van der Waals surface area (Å²) in [7, 11) is -6.01. The van der Waals surface area contributed by atoms with E-state index >= 15 is 0 Å². The molecule has 0 saturated carbocycles. The summed E-state index contributed by atoms with van der Waals surface area (Å²) < 4.78 is 45.8. The van der Waals surface area contributed by atoms with Crippen molar-refractivity contribution >= 4 is 44.5 Å². The molecule has 0 radical (unpaired) electrons. The Balaban J connectivity index is 1.46. The second-order valence-corrected chi connectivity index (χ2v) is 11.6. The fraction of sp³-hybridized carbons (Fsp3) is 0.333. The van der Waals surface area contributed by atoms with Crippen LogP contribution < -0.4 is 5.32 Å². The predicted octanol–water partition coefficient (Wildman–Crippen LogP) is 1.77. The van der Waals surface area contributed by atoms with E-state index in [1.165, 1.54) is 24.3 Å².